The minimum atomic E-state index is -0.833. The topological polar surface area (TPSA) is 79.8 Å². The number of rotatable bonds is 9. The number of hydrazone groups is 1. The minimum Gasteiger partial charge on any atom is -0.494 e. The molecule has 2 rings (SSSR count). The van der Waals surface area contributed by atoms with E-state index < -0.39 is 11.8 Å². The molecule has 2 aromatic rings. The second-order valence-corrected chi connectivity index (χ2v) is 7.05. The summed E-state index contributed by atoms with van der Waals surface area (Å²) < 4.78 is 5.62. The third-order valence-electron chi connectivity index (χ3n) is 4.32. The maximum Gasteiger partial charge on any atom is 0.329 e. The van der Waals surface area contributed by atoms with Crippen molar-refractivity contribution in [3.63, 3.8) is 0 Å². The van der Waals surface area contributed by atoms with Crippen LogP contribution in [0.2, 0.25) is 0 Å². The molecule has 0 aromatic heterocycles. The van der Waals surface area contributed by atoms with E-state index in [0.29, 0.717) is 18.2 Å². The first kappa shape index (κ1) is 22.1. The molecule has 2 N–H and O–H groups in total. The third kappa shape index (κ3) is 7.78. The fourth-order valence-electron chi connectivity index (χ4n) is 2.55. The van der Waals surface area contributed by atoms with Gasteiger partial charge in [-0.05, 0) is 47.7 Å². The van der Waals surface area contributed by atoms with Crippen molar-refractivity contribution in [2.24, 2.45) is 5.10 Å². The van der Waals surface area contributed by atoms with E-state index in [0.717, 1.165) is 30.6 Å². The van der Waals surface area contributed by atoms with E-state index >= 15 is 0 Å². The largest absolute Gasteiger partial charge is 0.494 e. The number of carbonyl (C=O) groups excluding carboxylic acids is 2. The van der Waals surface area contributed by atoms with Crippen LogP contribution < -0.4 is 15.5 Å². The van der Waals surface area contributed by atoms with Gasteiger partial charge in [-0.15, -0.1) is 0 Å². The lowest BCUT2D eigenvalue weighted by Crippen LogP contribution is -2.32. The van der Waals surface area contributed by atoms with Crippen molar-refractivity contribution >= 4 is 23.7 Å². The Morgan fingerprint density at radius 1 is 1.00 bits per heavy atom. The van der Waals surface area contributed by atoms with Crippen LogP contribution >= 0.6 is 0 Å². The van der Waals surface area contributed by atoms with Gasteiger partial charge in [0.05, 0.1) is 12.8 Å². The first-order valence-electron chi connectivity index (χ1n) is 9.96. The van der Waals surface area contributed by atoms with Crippen molar-refractivity contribution in [1.29, 1.82) is 0 Å². The molecule has 0 aliphatic heterocycles. The molecule has 0 heterocycles. The molecule has 6 heteroatoms. The Bertz CT molecular complexity index is 812. The molecule has 0 unspecified atom stereocenters. The summed E-state index contributed by atoms with van der Waals surface area (Å²) >= 11 is 0. The molecule has 0 spiro atoms. The summed E-state index contributed by atoms with van der Waals surface area (Å²) in [5.74, 6) is -0.434. The second kappa shape index (κ2) is 11.6. The van der Waals surface area contributed by atoms with Crippen LogP contribution in [0.1, 0.15) is 57.1 Å². The van der Waals surface area contributed by atoms with Crippen LogP contribution in [0.4, 0.5) is 5.69 Å². The number of unbranched alkanes of at least 4 members (excludes halogenated alkanes) is 2. The van der Waals surface area contributed by atoms with Gasteiger partial charge in [0.1, 0.15) is 5.75 Å². The summed E-state index contributed by atoms with van der Waals surface area (Å²) in [7, 11) is 0. The zero-order valence-electron chi connectivity index (χ0n) is 17.3. The summed E-state index contributed by atoms with van der Waals surface area (Å²) in [6, 6.07) is 14.8. The standard InChI is InChI=1S/C23H29N3O3/c1-4-5-6-15-29-21-13-11-20(12-14-21)25-22(27)23(28)26-24-16-18-7-9-19(10-8-18)17(2)3/h7-14,16-17H,4-6,15H2,1-3H3,(H,25,27)(H,26,28). The quantitative estimate of drug-likeness (QED) is 0.285. The van der Waals surface area contributed by atoms with E-state index in [1.807, 2.05) is 24.3 Å². The minimum absolute atomic E-state index is 0.450. The molecular formula is C23H29N3O3. The number of nitrogens with one attached hydrogen (secondary N) is 2. The fourth-order valence-corrected chi connectivity index (χ4v) is 2.55. The zero-order chi connectivity index (χ0) is 21.1. The molecule has 0 radical (unpaired) electrons. The van der Waals surface area contributed by atoms with E-state index in [9.17, 15) is 9.59 Å². The van der Waals surface area contributed by atoms with Gasteiger partial charge in [0, 0.05) is 5.69 Å². The molecular weight excluding hydrogens is 366 g/mol. The lowest BCUT2D eigenvalue weighted by Gasteiger charge is -2.07. The molecule has 154 valence electrons. The highest BCUT2D eigenvalue weighted by atomic mass is 16.5. The van der Waals surface area contributed by atoms with Crippen molar-refractivity contribution < 1.29 is 14.3 Å². The van der Waals surface area contributed by atoms with Gasteiger partial charge in [0.15, 0.2) is 0 Å². The van der Waals surface area contributed by atoms with Crippen LogP contribution in [-0.2, 0) is 9.59 Å². The molecule has 0 saturated heterocycles. The number of hydrogen-bond donors (Lipinski definition) is 2. The summed E-state index contributed by atoms with van der Waals surface area (Å²) in [5.41, 5.74) is 4.81. The van der Waals surface area contributed by atoms with Crippen LogP contribution in [0.25, 0.3) is 0 Å². The van der Waals surface area contributed by atoms with E-state index in [2.05, 4.69) is 36.6 Å². The van der Waals surface area contributed by atoms with Gasteiger partial charge in [-0.3, -0.25) is 9.59 Å². The molecule has 0 aliphatic carbocycles. The number of amides is 2. The highest BCUT2D eigenvalue weighted by molar-refractivity contribution is 6.39. The van der Waals surface area contributed by atoms with Crippen LogP contribution in [0, 0.1) is 0 Å². The smallest absolute Gasteiger partial charge is 0.329 e. The predicted octanol–water partition coefficient (Wildman–Crippen LogP) is 4.47. The number of anilines is 1. The normalized spacial score (nSPS) is 10.9. The average Bonchev–Trinajstić information content (AvgIpc) is 2.72. The Morgan fingerprint density at radius 3 is 2.31 bits per heavy atom. The van der Waals surface area contributed by atoms with Crippen molar-refractivity contribution in [3.05, 3.63) is 59.7 Å². The van der Waals surface area contributed by atoms with Crippen molar-refractivity contribution in [2.75, 3.05) is 11.9 Å². The van der Waals surface area contributed by atoms with Crippen LogP contribution in [-0.4, -0.2) is 24.6 Å². The SMILES string of the molecule is CCCCCOc1ccc(NC(=O)C(=O)NN=Cc2ccc(C(C)C)cc2)cc1. The highest BCUT2D eigenvalue weighted by Crippen LogP contribution is 2.16. The van der Waals surface area contributed by atoms with Crippen LogP contribution in [0.3, 0.4) is 0 Å². The molecule has 0 atom stereocenters. The monoisotopic (exact) mass is 395 g/mol. The molecule has 0 bridgehead atoms. The Balaban J connectivity index is 1.78. The highest BCUT2D eigenvalue weighted by Gasteiger charge is 2.12. The summed E-state index contributed by atoms with van der Waals surface area (Å²) in [5, 5.41) is 6.37. The number of ether oxygens (including phenoxy) is 1. The molecule has 2 amide bonds. The summed E-state index contributed by atoms with van der Waals surface area (Å²) in [4.78, 5) is 23.9. The van der Waals surface area contributed by atoms with Crippen molar-refractivity contribution in [3.8, 4) is 5.75 Å². The Labute approximate surface area is 172 Å². The van der Waals surface area contributed by atoms with E-state index in [4.69, 9.17) is 4.74 Å². The Kier molecular flexibility index (Phi) is 8.89. The van der Waals surface area contributed by atoms with Gasteiger partial charge in [0.25, 0.3) is 0 Å². The van der Waals surface area contributed by atoms with Crippen LogP contribution in [0.5, 0.6) is 5.75 Å². The number of nitrogens with zero attached hydrogens (tertiary/aromatic N) is 1. The fraction of sp³-hybridized carbons (Fsp3) is 0.348. The lowest BCUT2D eigenvalue weighted by molar-refractivity contribution is -0.136. The van der Waals surface area contributed by atoms with E-state index in [-0.39, 0.29) is 0 Å². The lowest BCUT2D eigenvalue weighted by atomic mass is 10.0. The van der Waals surface area contributed by atoms with Gasteiger partial charge >= 0.3 is 11.8 Å². The molecule has 0 saturated carbocycles. The molecule has 2 aromatic carbocycles. The Hall–Kier alpha value is -3.15. The second-order valence-electron chi connectivity index (χ2n) is 7.05. The van der Waals surface area contributed by atoms with Gasteiger partial charge in [-0.25, -0.2) is 5.43 Å². The zero-order valence-corrected chi connectivity index (χ0v) is 17.3. The molecule has 29 heavy (non-hydrogen) atoms. The summed E-state index contributed by atoms with van der Waals surface area (Å²) in [6.07, 6.45) is 4.79. The van der Waals surface area contributed by atoms with Gasteiger partial charge < -0.3 is 10.1 Å². The maximum atomic E-state index is 12.0. The van der Waals surface area contributed by atoms with E-state index in [1.54, 1.807) is 24.3 Å². The molecule has 0 aliphatic rings. The predicted molar refractivity (Wildman–Crippen MR) is 116 cm³/mol. The van der Waals surface area contributed by atoms with Gasteiger partial charge in [-0.1, -0.05) is 57.9 Å². The van der Waals surface area contributed by atoms with E-state index in [1.165, 1.54) is 11.8 Å². The average molecular weight is 396 g/mol. The van der Waals surface area contributed by atoms with Gasteiger partial charge in [0.2, 0.25) is 0 Å². The molecule has 6 nitrogen and oxygen atoms in total. The van der Waals surface area contributed by atoms with Crippen LogP contribution in [0.15, 0.2) is 53.6 Å². The number of benzene rings is 2. The molecule has 0 fully saturated rings. The van der Waals surface area contributed by atoms with Crippen molar-refractivity contribution in [2.45, 2.75) is 46.0 Å². The summed E-state index contributed by atoms with van der Waals surface area (Å²) in [6.45, 7) is 7.05. The third-order valence-corrected chi connectivity index (χ3v) is 4.32. The number of carbonyl (C=O) groups is 2. The van der Waals surface area contributed by atoms with Gasteiger partial charge in [-0.2, -0.15) is 5.10 Å². The Morgan fingerprint density at radius 2 is 1.69 bits per heavy atom. The number of hydrogen-bond acceptors (Lipinski definition) is 4. The van der Waals surface area contributed by atoms with Crippen molar-refractivity contribution in [1.82, 2.24) is 5.43 Å². The first-order valence-corrected chi connectivity index (χ1v) is 9.96. The first-order chi connectivity index (χ1) is 14.0. The maximum absolute atomic E-state index is 12.0.